The van der Waals surface area contributed by atoms with Crippen LogP contribution < -0.4 is 23.7 Å². The summed E-state index contributed by atoms with van der Waals surface area (Å²) >= 11 is 0. The molecule has 3 aromatic rings. The van der Waals surface area contributed by atoms with Crippen molar-refractivity contribution in [2.75, 3.05) is 27.6 Å². The Hall–Kier alpha value is -4.44. The molecule has 2 heterocycles. The van der Waals surface area contributed by atoms with Gasteiger partial charge in [-0.05, 0) is 30.2 Å². The number of hydrogen-bond acceptors (Lipinski definition) is 10. The van der Waals surface area contributed by atoms with E-state index < -0.39 is 41.1 Å². The lowest BCUT2D eigenvalue weighted by molar-refractivity contribution is -0.185. The zero-order valence-corrected chi connectivity index (χ0v) is 23.0. The second-order valence-corrected chi connectivity index (χ2v) is 10.0. The second kappa shape index (κ2) is 9.88. The highest BCUT2D eigenvalue weighted by molar-refractivity contribution is 5.80. The number of fused-ring (bicyclic) bond motifs is 4. The van der Waals surface area contributed by atoms with E-state index >= 15 is 0 Å². The predicted molar refractivity (Wildman–Crippen MR) is 143 cm³/mol. The van der Waals surface area contributed by atoms with E-state index in [1.165, 1.54) is 14.0 Å². The summed E-state index contributed by atoms with van der Waals surface area (Å²) in [5.41, 5.74) is -2.51. The Morgan fingerprint density at radius 3 is 2.37 bits per heavy atom. The molecule has 0 amide bonds. The van der Waals surface area contributed by atoms with Crippen LogP contribution in [0.4, 0.5) is 0 Å². The van der Waals surface area contributed by atoms with Crippen molar-refractivity contribution < 1.29 is 47.9 Å². The van der Waals surface area contributed by atoms with Crippen LogP contribution in [0.2, 0.25) is 0 Å². The van der Waals surface area contributed by atoms with Gasteiger partial charge in [0.15, 0.2) is 28.8 Å². The Balaban J connectivity index is 1.73. The van der Waals surface area contributed by atoms with E-state index in [1.54, 1.807) is 44.4 Å². The van der Waals surface area contributed by atoms with Crippen LogP contribution in [0.3, 0.4) is 0 Å². The zero-order chi connectivity index (χ0) is 28.9. The standard InChI is InChI=1S/C31H30O10/c1-5-37-29(33)23-24(18-9-7-6-8-10-18)31(19-11-13-20(35-3)14-12-19)30(34,28(23)40-17(2)32)25-21(41-31)15-22-26(27(25)36-4)39-16-38-22/h6-15,23-24,28,34H,5,16H2,1-4H3/t23-,24-,28-,30+,31+/m1/s1. The fourth-order valence-electron chi connectivity index (χ4n) is 6.64. The SMILES string of the molecule is CCOC(=O)[C@H]1[C@@H](OC(C)=O)[C@@]2(O)c3c(cc4c(c3OC)OCO4)O[C@@]2(c2ccc(OC)cc2)[C@@H]1c1ccccc1. The first kappa shape index (κ1) is 26.8. The molecular weight excluding hydrogens is 532 g/mol. The van der Waals surface area contributed by atoms with Crippen molar-refractivity contribution in [3.8, 4) is 28.7 Å². The van der Waals surface area contributed by atoms with Gasteiger partial charge in [-0.25, -0.2) is 0 Å². The summed E-state index contributed by atoms with van der Waals surface area (Å²) in [7, 11) is 2.98. The molecule has 0 bridgehead atoms. The minimum atomic E-state index is -2.16. The summed E-state index contributed by atoms with van der Waals surface area (Å²) in [5.74, 6) is -1.78. The van der Waals surface area contributed by atoms with E-state index in [0.717, 1.165) is 0 Å². The molecule has 1 aliphatic carbocycles. The molecule has 5 atom stereocenters. The maximum Gasteiger partial charge on any atom is 0.313 e. The van der Waals surface area contributed by atoms with Gasteiger partial charge in [-0.15, -0.1) is 0 Å². The van der Waals surface area contributed by atoms with Crippen molar-refractivity contribution in [1.29, 1.82) is 0 Å². The molecule has 1 fully saturated rings. The number of benzene rings is 3. The number of methoxy groups -OCH3 is 2. The Morgan fingerprint density at radius 1 is 1.00 bits per heavy atom. The minimum Gasteiger partial charge on any atom is -0.497 e. The summed E-state index contributed by atoms with van der Waals surface area (Å²) in [6.45, 7) is 2.94. The van der Waals surface area contributed by atoms with E-state index in [-0.39, 0.29) is 36.2 Å². The van der Waals surface area contributed by atoms with Gasteiger partial charge in [0.2, 0.25) is 12.5 Å². The van der Waals surface area contributed by atoms with Gasteiger partial charge >= 0.3 is 11.9 Å². The van der Waals surface area contributed by atoms with E-state index in [2.05, 4.69) is 0 Å². The maximum absolute atomic E-state index is 13.8. The lowest BCUT2D eigenvalue weighted by Gasteiger charge is -2.41. The predicted octanol–water partition coefficient (Wildman–Crippen LogP) is 3.82. The number of esters is 2. The van der Waals surface area contributed by atoms with Crippen molar-refractivity contribution >= 4 is 11.9 Å². The first-order valence-corrected chi connectivity index (χ1v) is 13.3. The topological polar surface area (TPSA) is 119 Å². The number of ether oxygens (including phenoxy) is 7. The van der Waals surface area contributed by atoms with Gasteiger partial charge < -0.3 is 38.3 Å². The Labute approximate surface area is 236 Å². The van der Waals surface area contributed by atoms with Gasteiger partial charge in [0.05, 0.1) is 26.4 Å². The molecule has 3 aliphatic rings. The smallest absolute Gasteiger partial charge is 0.313 e. The molecular formula is C31H30O10. The zero-order valence-electron chi connectivity index (χ0n) is 23.0. The number of hydrogen-bond donors (Lipinski definition) is 1. The lowest BCUT2D eigenvalue weighted by Crippen LogP contribution is -2.53. The van der Waals surface area contributed by atoms with Crippen molar-refractivity contribution in [2.24, 2.45) is 5.92 Å². The molecule has 0 spiro atoms. The quantitative estimate of drug-likeness (QED) is 0.426. The Bertz CT molecular complexity index is 1490. The molecule has 41 heavy (non-hydrogen) atoms. The van der Waals surface area contributed by atoms with Gasteiger partial charge in [0.25, 0.3) is 0 Å². The molecule has 0 unspecified atom stereocenters. The molecule has 10 heteroatoms. The van der Waals surface area contributed by atoms with Gasteiger partial charge in [-0.2, -0.15) is 0 Å². The highest BCUT2D eigenvalue weighted by Crippen LogP contribution is 2.72. The number of rotatable bonds is 7. The fourth-order valence-corrected chi connectivity index (χ4v) is 6.64. The van der Waals surface area contributed by atoms with E-state index in [4.69, 9.17) is 33.2 Å². The molecule has 0 aromatic heterocycles. The molecule has 0 radical (unpaired) electrons. The maximum atomic E-state index is 13.8. The van der Waals surface area contributed by atoms with Crippen molar-refractivity contribution in [3.05, 3.63) is 77.4 Å². The molecule has 1 N–H and O–H groups in total. The molecule has 0 saturated heterocycles. The second-order valence-electron chi connectivity index (χ2n) is 10.0. The van der Waals surface area contributed by atoms with Gasteiger partial charge in [0, 0.05) is 18.9 Å². The van der Waals surface area contributed by atoms with Crippen LogP contribution in [0.25, 0.3) is 0 Å². The average Bonchev–Trinajstić information content (AvgIpc) is 3.61. The molecule has 1 saturated carbocycles. The van der Waals surface area contributed by atoms with E-state index in [0.29, 0.717) is 22.6 Å². The van der Waals surface area contributed by atoms with Crippen LogP contribution in [0.5, 0.6) is 28.7 Å². The van der Waals surface area contributed by atoms with E-state index in [9.17, 15) is 14.7 Å². The average molecular weight is 563 g/mol. The first-order valence-electron chi connectivity index (χ1n) is 13.3. The fraction of sp³-hybridized carbons (Fsp3) is 0.355. The largest absolute Gasteiger partial charge is 0.497 e. The molecule has 6 rings (SSSR count). The van der Waals surface area contributed by atoms with Gasteiger partial charge in [-0.1, -0.05) is 42.5 Å². The van der Waals surface area contributed by atoms with Gasteiger partial charge in [-0.3, -0.25) is 9.59 Å². The van der Waals surface area contributed by atoms with Gasteiger partial charge in [0.1, 0.15) is 17.4 Å². The summed E-state index contributed by atoms with van der Waals surface area (Å²) in [6, 6.07) is 17.8. The van der Waals surface area contributed by atoms with Crippen LogP contribution in [-0.2, 0) is 30.3 Å². The van der Waals surface area contributed by atoms with E-state index in [1.807, 2.05) is 30.3 Å². The van der Waals surface area contributed by atoms with Crippen molar-refractivity contribution in [1.82, 2.24) is 0 Å². The highest BCUT2D eigenvalue weighted by atomic mass is 16.7. The van der Waals surface area contributed by atoms with Crippen LogP contribution >= 0.6 is 0 Å². The van der Waals surface area contributed by atoms with Crippen LogP contribution in [0.1, 0.15) is 36.5 Å². The number of carbonyl (C=O) groups is 2. The Morgan fingerprint density at radius 2 is 1.73 bits per heavy atom. The first-order chi connectivity index (χ1) is 19.8. The minimum absolute atomic E-state index is 0.0535. The van der Waals surface area contributed by atoms with Crippen molar-refractivity contribution in [3.63, 3.8) is 0 Å². The molecule has 10 nitrogen and oxygen atoms in total. The highest BCUT2D eigenvalue weighted by Gasteiger charge is 2.80. The summed E-state index contributed by atoms with van der Waals surface area (Å²) in [6.07, 6.45) is -1.44. The van der Waals surface area contributed by atoms with Crippen LogP contribution in [-0.4, -0.2) is 50.8 Å². The van der Waals surface area contributed by atoms with Crippen LogP contribution in [0.15, 0.2) is 60.7 Å². The Kier molecular flexibility index (Phi) is 6.45. The summed E-state index contributed by atoms with van der Waals surface area (Å²) in [4.78, 5) is 26.5. The molecule has 3 aromatic carbocycles. The monoisotopic (exact) mass is 562 g/mol. The third kappa shape index (κ3) is 3.66. The molecule has 214 valence electrons. The third-order valence-corrected chi connectivity index (χ3v) is 8.07. The number of carbonyl (C=O) groups excluding carboxylic acids is 2. The number of aliphatic hydroxyl groups is 1. The van der Waals surface area contributed by atoms with Crippen LogP contribution in [0, 0.1) is 5.92 Å². The molecule has 2 aliphatic heterocycles. The summed E-state index contributed by atoms with van der Waals surface area (Å²) < 4.78 is 40.9. The summed E-state index contributed by atoms with van der Waals surface area (Å²) in [5, 5.41) is 13.3. The lowest BCUT2D eigenvalue weighted by atomic mass is 9.70. The normalized spacial score (nSPS) is 26.9. The third-order valence-electron chi connectivity index (χ3n) is 8.07. The van der Waals surface area contributed by atoms with Crippen molar-refractivity contribution in [2.45, 2.75) is 37.1 Å².